The van der Waals surface area contributed by atoms with Gasteiger partial charge in [0.05, 0.1) is 0 Å². The number of benzene rings is 2. The summed E-state index contributed by atoms with van der Waals surface area (Å²) in [5.41, 5.74) is 2.55. The molecule has 0 saturated heterocycles. The van der Waals surface area contributed by atoms with Gasteiger partial charge in [-0.05, 0) is 41.5 Å². The zero-order valence-electron chi connectivity index (χ0n) is 10.2. The maximum Gasteiger partial charge on any atom is 0.251 e. The normalized spacial score (nSPS) is 13.0. The van der Waals surface area contributed by atoms with Crippen LogP contribution in [0.1, 0.15) is 21.5 Å². The molecule has 1 aliphatic heterocycles. The molecule has 0 spiro atoms. The van der Waals surface area contributed by atoms with Gasteiger partial charge in [-0.25, -0.2) is 4.39 Å². The Morgan fingerprint density at radius 1 is 1.16 bits per heavy atom. The number of halogens is 1. The maximum absolute atomic E-state index is 12.8. The summed E-state index contributed by atoms with van der Waals surface area (Å²) in [6.45, 7) is 0.919. The molecular formula is C15H12FNO2. The molecule has 4 heteroatoms. The lowest BCUT2D eigenvalue weighted by Gasteiger charge is -2.07. The van der Waals surface area contributed by atoms with Crippen LogP contribution in [0.4, 0.5) is 4.39 Å². The summed E-state index contributed by atoms with van der Waals surface area (Å²) >= 11 is 0. The van der Waals surface area contributed by atoms with E-state index in [1.54, 1.807) is 24.3 Å². The second-order valence-corrected chi connectivity index (χ2v) is 4.42. The highest BCUT2D eigenvalue weighted by molar-refractivity contribution is 5.98. The van der Waals surface area contributed by atoms with E-state index >= 15 is 0 Å². The number of amides is 1. The first kappa shape index (κ1) is 11.7. The Hall–Kier alpha value is -2.36. The van der Waals surface area contributed by atoms with Crippen LogP contribution in [0.25, 0.3) is 0 Å². The quantitative estimate of drug-likeness (QED) is 0.918. The number of rotatable bonds is 3. The Morgan fingerprint density at radius 2 is 1.95 bits per heavy atom. The van der Waals surface area contributed by atoms with Crippen molar-refractivity contribution in [3.63, 3.8) is 0 Å². The van der Waals surface area contributed by atoms with Crippen molar-refractivity contribution in [3.05, 3.63) is 65.0 Å². The largest absolute Gasteiger partial charge is 0.489 e. The lowest BCUT2D eigenvalue weighted by atomic mass is 10.1. The first-order chi connectivity index (χ1) is 9.22. The zero-order valence-corrected chi connectivity index (χ0v) is 10.2. The van der Waals surface area contributed by atoms with Crippen LogP contribution in [0.2, 0.25) is 0 Å². The molecule has 0 radical (unpaired) electrons. The molecule has 1 N–H and O–H groups in total. The molecular weight excluding hydrogens is 245 g/mol. The molecule has 0 aliphatic carbocycles. The van der Waals surface area contributed by atoms with E-state index in [1.165, 1.54) is 12.1 Å². The Morgan fingerprint density at radius 3 is 2.74 bits per heavy atom. The number of fused-ring (bicyclic) bond motifs is 1. The molecule has 0 aromatic heterocycles. The SMILES string of the molecule is O=C1NCc2cc(OCc3ccc(F)cc3)ccc21. The van der Waals surface area contributed by atoms with E-state index in [-0.39, 0.29) is 11.7 Å². The minimum absolute atomic E-state index is 0.0416. The van der Waals surface area contributed by atoms with Crippen LogP contribution in [-0.4, -0.2) is 5.91 Å². The van der Waals surface area contributed by atoms with Crippen molar-refractivity contribution in [2.75, 3.05) is 0 Å². The Balaban J connectivity index is 1.71. The molecule has 3 rings (SSSR count). The molecule has 1 aliphatic rings. The van der Waals surface area contributed by atoms with E-state index in [4.69, 9.17) is 4.74 Å². The molecule has 0 unspecified atom stereocenters. The molecule has 1 heterocycles. The van der Waals surface area contributed by atoms with Crippen LogP contribution in [0.15, 0.2) is 42.5 Å². The third-order valence-electron chi connectivity index (χ3n) is 3.08. The van der Waals surface area contributed by atoms with E-state index in [9.17, 15) is 9.18 Å². The summed E-state index contributed by atoms with van der Waals surface area (Å²) in [6, 6.07) is 11.6. The van der Waals surface area contributed by atoms with Crippen LogP contribution in [0.3, 0.4) is 0 Å². The summed E-state index contributed by atoms with van der Waals surface area (Å²) in [5, 5.41) is 2.76. The molecule has 2 aromatic carbocycles. The van der Waals surface area contributed by atoms with Gasteiger partial charge in [0.2, 0.25) is 0 Å². The van der Waals surface area contributed by atoms with Crippen LogP contribution < -0.4 is 10.1 Å². The highest BCUT2D eigenvalue weighted by atomic mass is 19.1. The second-order valence-electron chi connectivity index (χ2n) is 4.42. The third-order valence-corrected chi connectivity index (χ3v) is 3.08. The predicted molar refractivity (Wildman–Crippen MR) is 68.3 cm³/mol. The van der Waals surface area contributed by atoms with Gasteiger partial charge in [0.25, 0.3) is 5.91 Å². The van der Waals surface area contributed by atoms with Crippen LogP contribution >= 0.6 is 0 Å². The lowest BCUT2D eigenvalue weighted by molar-refractivity contribution is 0.0966. The van der Waals surface area contributed by atoms with Gasteiger partial charge in [0, 0.05) is 12.1 Å². The molecule has 0 fully saturated rings. The zero-order chi connectivity index (χ0) is 13.2. The summed E-state index contributed by atoms with van der Waals surface area (Å²) in [7, 11) is 0. The smallest absolute Gasteiger partial charge is 0.251 e. The van der Waals surface area contributed by atoms with Gasteiger partial charge in [0.1, 0.15) is 18.2 Å². The van der Waals surface area contributed by atoms with Crippen molar-refractivity contribution in [2.24, 2.45) is 0 Å². The highest BCUT2D eigenvalue weighted by Crippen LogP contribution is 2.22. The van der Waals surface area contributed by atoms with Crippen molar-refractivity contribution in [1.29, 1.82) is 0 Å². The number of hydrogen-bond acceptors (Lipinski definition) is 2. The van der Waals surface area contributed by atoms with E-state index in [1.807, 2.05) is 6.07 Å². The Labute approximate surface area is 110 Å². The van der Waals surface area contributed by atoms with Gasteiger partial charge >= 0.3 is 0 Å². The van der Waals surface area contributed by atoms with Crippen molar-refractivity contribution in [1.82, 2.24) is 5.32 Å². The van der Waals surface area contributed by atoms with E-state index < -0.39 is 0 Å². The molecule has 19 heavy (non-hydrogen) atoms. The van der Waals surface area contributed by atoms with Gasteiger partial charge < -0.3 is 10.1 Å². The van der Waals surface area contributed by atoms with Crippen molar-refractivity contribution in [2.45, 2.75) is 13.2 Å². The van der Waals surface area contributed by atoms with Gasteiger partial charge in [-0.2, -0.15) is 0 Å². The fourth-order valence-electron chi connectivity index (χ4n) is 2.05. The van der Waals surface area contributed by atoms with Crippen molar-refractivity contribution in [3.8, 4) is 5.75 Å². The predicted octanol–water partition coefficient (Wildman–Crippen LogP) is 2.65. The molecule has 1 amide bonds. The van der Waals surface area contributed by atoms with Crippen molar-refractivity contribution >= 4 is 5.91 Å². The Bertz CT molecular complexity index is 623. The van der Waals surface area contributed by atoms with Gasteiger partial charge in [0.15, 0.2) is 0 Å². The fraction of sp³-hybridized carbons (Fsp3) is 0.133. The number of hydrogen-bond donors (Lipinski definition) is 1. The van der Waals surface area contributed by atoms with E-state index in [0.717, 1.165) is 11.1 Å². The minimum atomic E-state index is -0.258. The average molecular weight is 257 g/mol. The van der Waals surface area contributed by atoms with Gasteiger partial charge in [-0.1, -0.05) is 12.1 Å². The molecule has 3 nitrogen and oxygen atoms in total. The summed E-state index contributed by atoms with van der Waals surface area (Å²) in [4.78, 5) is 11.4. The van der Waals surface area contributed by atoms with Crippen LogP contribution in [0.5, 0.6) is 5.75 Å². The Kier molecular flexibility index (Phi) is 2.91. The maximum atomic E-state index is 12.8. The third kappa shape index (κ3) is 2.42. The lowest BCUT2D eigenvalue weighted by Crippen LogP contribution is -2.12. The number of carbonyl (C=O) groups is 1. The summed E-state index contributed by atoms with van der Waals surface area (Å²) in [5.74, 6) is 0.408. The first-order valence-corrected chi connectivity index (χ1v) is 6.01. The second kappa shape index (κ2) is 4.72. The first-order valence-electron chi connectivity index (χ1n) is 6.01. The molecule has 2 aromatic rings. The molecule has 0 bridgehead atoms. The van der Waals surface area contributed by atoms with Crippen LogP contribution in [0, 0.1) is 5.82 Å². The highest BCUT2D eigenvalue weighted by Gasteiger charge is 2.18. The molecule has 96 valence electrons. The average Bonchev–Trinajstić information content (AvgIpc) is 2.79. The molecule has 0 saturated carbocycles. The monoisotopic (exact) mass is 257 g/mol. The van der Waals surface area contributed by atoms with Crippen LogP contribution in [-0.2, 0) is 13.2 Å². The molecule has 0 atom stereocenters. The number of nitrogens with one attached hydrogen (secondary N) is 1. The summed E-state index contributed by atoms with van der Waals surface area (Å²) < 4.78 is 18.4. The summed E-state index contributed by atoms with van der Waals surface area (Å²) in [6.07, 6.45) is 0. The number of carbonyl (C=O) groups excluding carboxylic acids is 1. The van der Waals surface area contributed by atoms with E-state index in [0.29, 0.717) is 24.5 Å². The van der Waals surface area contributed by atoms with E-state index in [2.05, 4.69) is 5.32 Å². The van der Waals surface area contributed by atoms with Gasteiger partial charge in [-0.15, -0.1) is 0 Å². The minimum Gasteiger partial charge on any atom is -0.489 e. The van der Waals surface area contributed by atoms with Gasteiger partial charge in [-0.3, -0.25) is 4.79 Å². The number of ether oxygens (including phenoxy) is 1. The standard InChI is InChI=1S/C15H12FNO2/c16-12-3-1-10(2-4-12)9-19-13-5-6-14-11(7-13)8-17-15(14)18/h1-7H,8-9H2,(H,17,18). The van der Waals surface area contributed by atoms with Crippen molar-refractivity contribution < 1.29 is 13.9 Å². The fourth-order valence-corrected chi connectivity index (χ4v) is 2.05. The topological polar surface area (TPSA) is 38.3 Å².